The van der Waals surface area contributed by atoms with Crippen LogP contribution in [0.5, 0.6) is 0 Å². The summed E-state index contributed by atoms with van der Waals surface area (Å²) in [6.07, 6.45) is 9.62. The first kappa shape index (κ1) is 15.5. The minimum Gasteiger partial charge on any atom is -0.253 e. The van der Waals surface area contributed by atoms with Gasteiger partial charge in [-0.2, -0.15) is 0 Å². The van der Waals surface area contributed by atoms with Gasteiger partial charge in [0.05, 0.1) is 5.69 Å². The lowest BCUT2D eigenvalue weighted by Gasteiger charge is -2.11. The van der Waals surface area contributed by atoms with E-state index in [0.717, 1.165) is 30.7 Å². The molecule has 0 aliphatic heterocycles. The van der Waals surface area contributed by atoms with Crippen molar-refractivity contribution in [2.75, 3.05) is 0 Å². The van der Waals surface area contributed by atoms with Crippen molar-refractivity contribution in [3.63, 3.8) is 0 Å². The second kappa shape index (κ2) is 6.78. The molecule has 0 radical (unpaired) electrons. The molecule has 1 heteroatoms. The number of nitrogens with zero attached hydrogens (tertiary/aromatic N) is 1. The molecule has 1 heterocycles. The standard InChI is InChI=1S/C22H23N.H2/c1-4-8-18-13-14-19(15-17(18)5-2)20-10-7-11-21(20)22-12-6-9-16(3)23-22;/h5-7,9-10,12-15H,2,4,8,11H2,1,3H3;1H. The van der Waals surface area contributed by atoms with Crippen LogP contribution in [0.25, 0.3) is 17.2 Å². The van der Waals surface area contributed by atoms with Gasteiger partial charge in [0.15, 0.2) is 0 Å². The molecule has 0 atom stereocenters. The maximum absolute atomic E-state index is 4.70. The van der Waals surface area contributed by atoms with Gasteiger partial charge in [0.2, 0.25) is 0 Å². The van der Waals surface area contributed by atoms with Crippen LogP contribution in [-0.4, -0.2) is 4.98 Å². The topological polar surface area (TPSA) is 12.9 Å². The molecule has 1 nitrogen and oxygen atoms in total. The second-order valence-corrected chi connectivity index (χ2v) is 6.03. The molecule has 0 spiro atoms. The summed E-state index contributed by atoms with van der Waals surface area (Å²) in [6.45, 7) is 8.24. The molecular weight excluding hydrogens is 278 g/mol. The van der Waals surface area contributed by atoms with Gasteiger partial charge in [0.1, 0.15) is 0 Å². The molecule has 0 bridgehead atoms. The van der Waals surface area contributed by atoms with E-state index in [1.807, 2.05) is 19.1 Å². The van der Waals surface area contributed by atoms with Crippen LogP contribution in [-0.2, 0) is 6.42 Å². The molecule has 0 N–H and O–H groups in total. The van der Waals surface area contributed by atoms with Gasteiger partial charge >= 0.3 is 0 Å². The van der Waals surface area contributed by atoms with E-state index in [2.05, 4.69) is 56.0 Å². The zero-order valence-corrected chi connectivity index (χ0v) is 14.0. The third-order valence-corrected chi connectivity index (χ3v) is 4.33. The summed E-state index contributed by atoms with van der Waals surface area (Å²) in [5.74, 6) is 0. The molecule has 1 aliphatic rings. The smallest absolute Gasteiger partial charge is 0.0674 e. The molecule has 118 valence electrons. The largest absolute Gasteiger partial charge is 0.253 e. The average molecular weight is 303 g/mol. The highest BCUT2D eigenvalue weighted by Gasteiger charge is 2.15. The number of aryl methyl sites for hydroxylation is 2. The molecule has 3 rings (SSSR count). The quantitative estimate of drug-likeness (QED) is 0.650. The summed E-state index contributed by atoms with van der Waals surface area (Å²) in [5, 5.41) is 0. The Balaban J connectivity index is 0.00000208. The van der Waals surface area contributed by atoms with Gasteiger partial charge in [-0.1, -0.05) is 56.4 Å². The van der Waals surface area contributed by atoms with Crippen LogP contribution < -0.4 is 0 Å². The Labute approximate surface area is 140 Å². The maximum Gasteiger partial charge on any atom is 0.0674 e. The zero-order valence-electron chi connectivity index (χ0n) is 14.0. The Morgan fingerprint density at radius 3 is 2.87 bits per heavy atom. The Morgan fingerprint density at radius 1 is 1.26 bits per heavy atom. The van der Waals surface area contributed by atoms with E-state index in [4.69, 9.17) is 4.98 Å². The van der Waals surface area contributed by atoms with Crippen LogP contribution in [0.4, 0.5) is 0 Å². The molecule has 0 unspecified atom stereocenters. The highest BCUT2D eigenvalue weighted by molar-refractivity contribution is 5.98. The Bertz CT molecular complexity index is 799. The van der Waals surface area contributed by atoms with Crippen molar-refractivity contribution in [3.05, 3.63) is 83.2 Å². The first-order valence-corrected chi connectivity index (χ1v) is 8.32. The van der Waals surface area contributed by atoms with Gasteiger partial charge in [-0.25, -0.2) is 0 Å². The van der Waals surface area contributed by atoms with Crippen LogP contribution in [0.15, 0.2) is 55.1 Å². The summed E-state index contributed by atoms with van der Waals surface area (Å²) < 4.78 is 0. The first-order chi connectivity index (χ1) is 11.2. The molecule has 0 saturated carbocycles. The molecule has 2 aromatic rings. The summed E-state index contributed by atoms with van der Waals surface area (Å²) in [5.41, 5.74) is 8.62. The molecule has 0 fully saturated rings. The predicted octanol–water partition coefficient (Wildman–Crippen LogP) is 6.10. The normalized spacial score (nSPS) is 13.7. The van der Waals surface area contributed by atoms with Gasteiger partial charge in [0, 0.05) is 7.12 Å². The summed E-state index contributed by atoms with van der Waals surface area (Å²) in [7, 11) is 0. The van der Waals surface area contributed by atoms with Gasteiger partial charge < -0.3 is 0 Å². The van der Waals surface area contributed by atoms with Crippen molar-refractivity contribution in [1.29, 1.82) is 0 Å². The molecule has 23 heavy (non-hydrogen) atoms. The molecule has 0 amide bonds. The fourth-order valence-corrected chi connectivity index (χ4v) is 3.18. The SMILES string of the molecule is C=Cc1cc(C2=C(c3cccc(C)n3)CC=C2)ccc1CCC.[HH]. The summed E-state index contributed by atoms with van der Waals surface area (Å²) in [6, 6.07) is 13.0. The minimum atomic E-state index is 0. The highest BCUT2D eigenvalue weighted by Crippen LogP contribution is 2.35. The van der Waals surface area contributed by atoms with Crippen molar-refractivity contribution < 1.29 is 1.43 Å². The average Bonchev–Trinajstić information content (AvgIpc) is 3.05. The Morgan fingerprint density at radius 2 is 2.13 bits per heavy atom. The van der Waals surface area contributed by atoms with Crippen LogP contribution in [0.3, 0.4) is 0 Å². The maximum atomic E-state index is 4.70. The zero-order chi connectivity index (χ0) is 16.2. The van der Waals surface area contributed by atoms with Crippen LogP contribution in [0.2, 0.25) is 0 Å². The van der Waals surface area contributed by atoms with Crippen molar-refractivity contribution >= 4 is 17.2 Å². The number of pyridine rings is 1. The highest BCUT2D eigenvalue weighted by atomic mass is 14.7. The molecule has 1 aromatic carbocycles. The third kappa shape index (κ3) is 3.19. The van der Waals surface area contributed by atoms with Crippen molar-refractivity contribution in [1.82, 2.24) is 4.98 Å². The van der Waals surface area contributed by atoms with Crippen molar-refractivity contribution in [3.8, 4) is 0 Å². The van der Waals surface area contributed by atoms with E-state index in [-0.39, 0.29) is 1.43 Å². The van der Waals surface area contributed by atoms with E-state index < -0.39 is 0 Å². The van der Waals surface area contributed by atoms with Gasteiger partial charge in [0.25, 0.3) is 0 Å². The van der Waals surface area contributed by atoms with E-state index in [1.165, 1.54) is 27.8 Å². The van der Waals surface area contributed by atoms with E-state index in [9.17, 15) is 0 Å². The predicted molar refractivity (Wildman–Crippen MR) is 102 cm³/mol. The van der Waals surface area contributed by atoms with Crippen molar-refractivity contribution in [2.24, 2.45) is 0 Å². The molecule has 1 aliphatic carbocycles. The monoisotopic (exact) mass is 303 g/mol. The van der Waals surface area contributed by atoms with E-state index in [0.29, 0.717) is 0 Å². The lowest BCUT2D eigenvalue weighted by atomic mass is 9.94. The number of rotatable bonds is 5. The van der Waals surface area contributed by atoms with E-state index in [1.54, 1.807) is 0 Å². The minimum absolute atomic E-state index is 0. The van der Waals surface area contributed by atoms with Gasteiger partial charge in [-0.15, -0.1) is 0 Å². The third-order valence-electron chi connectivity index (χ3n) is 4.33. The Hall–Kier alpha value is -2.41. The Kier molecular flexibility index (Phi) is 4.57. The van der Waals surface area contributed by atoms with Crippen LogP contribution in [0, 0.1) is 6.92 Å². The number of benzene rings is 1. The number of hydrogen-bond acceptors (Lipinski definition) is 1. The van der Waals surface area contributed by atoms with Crippen LogP contribution >= 0.6 is 0 Å². The lowest BCUT2D eigenvalue weighted by molar-refractivity contribution is 0.919. The summed E-state index contributed by atoms with van der Waals surface area (Å²) in [4.78, 5) is 4.70. The molecular formula is C22H25N. The fourth-order valence-electron chi connectivity index (χ4n) is 3.18. The molecule has 1 aromatic heterocycles. The number of hydrogen-bond donors (Lipinski definition) is 0. The van der Waals surface area contributed by atoms with Crippen LogP contribution in [0.1, 0.15) is 49.3 Å². The number of aromatic nitrogens is 1. The second-order valence-electron chi connectivity index (χ2n) is 6.03. The van der Waals surface area contributed by atoms with Gasteiger partial charge in [-0.3, -0.25) is 4.98 Å². The van der Waals surface area contributed by atoms with Crippen molar-refractivity contribution in [2.45, 2.75) is 33.1 Å². The van der Waals surface area contributed by atoms with E-state index >= 15 is 0 Å². The summed E-state index contributed by atoms with van der Waals surface area (Å²) >= 11 is 0. The molecule has 0 saturated heterocycles. The number of allylic oxidation sites excluding steroid dienone is 4. The first-order valence-electron chi connectivity index (χ1n) is 8.32. The fraction of sp³-hybridized carbons (Fsp3) is 0.227. The lowest BCUT2D eigenvalue weighted by Crippen LogP contribution is -1.94. The van der Waals surface area contributed by atoms with Gasteiger partial charge in [-0.05, 0) is 65.8 Å².